The van der Waals surface area contributed by atoms with Crippen LogP contribution in [0.3, 0.4) is 0 Å². The summed E-state index contributed by atoms with van der Waals surface area (Å²) >= 11 is 0. The zero-order chi connectivity index (χ0) is 35.4. The van der Waals surface area contributed by atoms with Gasteiger partial charge in [0.15, 0.2) is 11.5 Å². The van der Waals surface area contributed by atoms with Gasteiger partial charge in [0.05, 0.1) is 45.2 Å². The van der Waals surface area contributed by atoms with Crippen LogP contribution in [0, 0.1) is 5.82 Å². The van der Waals surface area contributed by atoms with Crippen molar-refractivity contribution >= 4 is 22.9 Å². The van der Waals surface area contributed by atoms with Crippen molar-refractivity contribution in [2.45, 2.75) is 50.1 Å². The maximum absolute atomic E-state index is 14.1. The van der Waals surface area contributed by atoms with Crippen LogP contribution in [0.1, 0.15) is 53.8 Å². The molecule has 2 aliphatic heterocycles. The van der Waals surface area contributed by atoms with E-state index in [4.69, 9.17) is 23.6 Å². The van der Waals surface area contributed by atoms with Crippen molar-refractivity contribution in [3.05, 3.63) is 102 Å². The number of fused-ring (bicyclic) bond motifs is 1. The summed E-state index contributed by atoms with van der Waals surface area (Å²) in [6.45, 7) is 4.57. The summed E-state index contributed by atoms with van der Waals surface area (Å²) < 4.78 is 38.6. The second-order valence-electron chi connectivity index (χ2n) is 13.6. The molecule has 2 fully saturated rings. The molecule has 268 valence electrons. The Kier molecular flexibility index (Phi) is 10.2. The molecule has 1 N–H and O–H groups in total. The topological polar surface area (TPSA) is 94.2 Å². The molecule has 1 unspecified atom stereocenters. The lowest BCUT2D eigenvalue weighted by Crippen LogP contribution is -2.50. The molecule has 2 aliphatic rings. The summed E-state index contributed by atoms with van der Waals surface area (Å²) in [6, 6.07) is 22.7. The molecule has 0 saturated carbocycles. The number of carbonyl (C=O) groups excluding carboxylic acids is 1. The highest BCUT2D eigenvalue weighted by atomic mass is 19.1. The molecule has 4 heterocycles. The Balaban J connectivity index is 1.04. The highest BCUT2D eigenvalue weighted by Gasteiger charge is 2.39. The number of anilines is 1. The van der Waals surface area contributed by atoms with Crippen LogP contribution in [0.5, 0.6) is 17.2 Å². The Labute approximate surface area is 298 Å². The number of nitrogens with zero attached hydrogens (tertiary/aromatic N) is 4. The number of aromatic nitrogens is 2. The Morgan fingerprint density at radius 3 is 2.39 bits per heavy atom. The molecule has 2 aromatic heterocycles. The van der Waals surface area contributed by atoms with E-state index in [9.17, 15) is 9.18 Å². The molecule has 10 nitrogen and oxygen atoms in total. The number of nitrogens with one attached hydrogen (secondary N) is 1. The molecule has 7 rings (SSSR count). The Morgan fingerprint density at radius 2 is 1.71 bits per heavy atom. The third-order valence-electron chi connectivity index (χ3n) is 10.6. The zero-order valence-corrected chi connectivity index (χ0v) is 29.6. The number of carbonyl (C=O) groups is 1. The monoisotopic (exact) mass is 695 g/mol. The number of halogens is 1. The SMILES string of the molecule is COc1cc(C(=O)N2CCCC(CCN3CCC(Nc4nc5ccccc5n4Cc4ccco4)CC3)(c3ccc(F)cc3)C2)cc(OC)c1OC. The van der Waals surface area contributed by atoms with Crippen molar-refractivity contribution in [1.82, 2.24) is 19.4 Å². The predicted molar refractivity (Wildman–Crippen MR) is 195 cm³/mol. The van der Waals surface area contributed by atoms with Gasteiger partial charge in [-0.15, -0.1) is 0 Å². The van der Waals surface area contributed by atoms with Gasteiger partial charge in [-0.25, -0.2) is 9.37 Å². The van der Waals surface area contributed by atoms with Crippen LogP contribution in [0.4, 0.5) is 10.3 Å². The lowest BCUT2D eigenvalue weighted by Gasteiger charge is -2.45. The number of ether oxygens (including phenoxy) is 3. The fraction of sp³-hybridized carbons (Fsp3) is 0.400. The standard InChI is InChI=1S/C40H46FN5O5/c1-48-35-24-28(25-36(49-2)37(35)50-3)38(47)45-19-7-17-40(27-45,29-11-13-30(41)14-12-29)18-22-44-20-15-31(16-21-44)42-39-43-33-9-4-5-10-34(33)46(39)26-32-8-6-23-51-32/h4-6,8-14,23-25,31H,7,15-22,26-27H2,1-3H3,(H,42,43). The fourth-order valence-corrected chi connectivity index (χ4v) is 7.84. The van der Waals surface area contributed by atoms with Crippen molar-refractivity contribution < 1.29 is 27.8 Å². The van der Waals surface area contributed by atoms with E-state index in [0.717, 1.165) is 80.0 Å². The normalized spacial score (nSPS) is 18.5. The van der Waals surface area contributed by atoms with Crippen molar-refractivity contribution in [3.63, 3.8) is 0 Å². The van der Waals surface area contributed by atoms with Crippen LogP contribution in [-0.4, -0.2) is 85.4 Å². The Bertz CT molecular complexity index is 1910. The minimum absolute atomic E-state index is 0.0922. The third kappa shape index (κ3) is 7.26. The van der Waals surface area contributed by atoms with Crippen LogP contribution in [0.2, 0.25) is 0 Å². The molecule has 11 heteroatoms. The lowest BCUT2D eigenvalue weighted by molar-refractivity contribution is 0.0606. The molecule has 5 aromatic rings. The highest BCUT2D eigenvalue weighted by Crippen LogP contribution is 2.41. The number of methoxy groups -OCH3 is 3. The van der Waals surface area contributed by atoms with E-state index >= 15 is 0 Å². The highest BCUT2D eigenvalue weighted by molar-refractivity contribution is 5.96. The van der Waals surface area contributed by atoms with Gasteiger partial charge in [-0.05, 0) is 92.7 Å². The summed E-state index contributed by atoms with van der Waals surface area (Å²) in [7, 11) is 4.64. The first-order chi connectivity index (χ1) is 24.9. The first kappa shape index (κ1) is 34.4. The van der Waals surface area contributed by atoms with Gasteiger partial charge in [0.25, 0.3) is 5.91 Å². The number of hydrogen-bond acceptors (Lipinski definition) is 8. The predicted octanol–water partition coefficient (Wildman–Crippen LogP) is 6.98. The maximum atomic E-state index is 14.1. The molecule has 3 aromatic carbocycles. The molecule has 0 bridgehead atoms. The van der Waals surface area contributed by atoms with Gasteiger partial charge in [0, 0.05) is 43.2 Å². The Hall–Kier alpha value is -5.03. The van der Waals surface area contributed by atoms with Crippen molar-refractivity contribution in [3.8, 4) is 17.2 Å². The first-order valence-electron chi connectivity index (χ1n) is 17.7. The third-order valence-corrected chi connectivity index (χ3v) is 10.6. The van der Waals surface area contributed by atoms with Crippen molar-refractivity contribution in [1.29, 1.82) is 0 Å². The second kappa shape index (κ2) is 15.1. The van der Waals surface area contributed by atoms with E-state index in [1.54, 1.807) is 39.7 Å². The number of rotatable bonds is 12. The van der Waals surface area contributed by atoms with E-state index in [0.29, 0.717) is 48.5 Å². The molecule has 1 amide bonds. The zero-order valence-electron chi connectivity index (χ0n) is 29.6. The number of benzene rings is 3. The van der Waals surface area contributed by atoms with Crippen LogP contribution >= 0.6 is 0 Å². The summed E-state index contributed by atoms with van der Waals surface area (Å²) in [4.78, 5) is 23.4. The van der Waals surface area contributed by atoms with Gasteiger partial charge in [-0.1, -0.05) is 24.3 Å². The molecule has 0 aliphatic carbocycles. The number of likely N-dealkylation sites (tertiary alicyclic amines) is 2. The van der Waals surface area contributed by atoms with Gasteiger partial charge >= 0.3 is 0 Å². The van der Waals surface area contributed by atoms with E-state index in [-0.39, 0.29) is 17.1 Å². The molecule has 1 atom stereocenters. The van der Waals surface area contributed by atoms with Gasteiger partial charge in [-0.3, -0.25) is 4.79 Å². The number of amides is 1. The maximum Gasteiger partial charge on any atom is 0.254 e. The van der Waals surface area contributed by atoms with Crippen molar-refractivity contribution in [2.24, 2.45) is 0 Å². The van der Waals surface area contributed by atoms with Crippen molar-refractivity contribution in [2.75, 3.05) is 59.4 Å². The average molecular weight is 696 g/mol. The molecule has 0 spiro atoms. The number of hydrogen-bond donors (Lipinski definition) is 1. The molecule has 0 radical (unpaired) electrons. The number of para-hydroxylation sites is 2. The summed E-state index contributed by atoms with van der Waals surface area (Å²) in [5.41, 5.74) is 3.27. The molecular weight excluding hydrogens is 649 g/mol. The number of piperidine rings is 2. The van der Waals surface area contributed by atoms with E-state index in [1.165, 1.54) is 12.1 Å². The van der Waals surface area contributed by atoms with E-state index in [1.807, 2.05) is 47.4 Å². The first-order valence-corrected chi connectivity index (χ1v) is 17.7. The van der Waals surface area contributed by atoms with Crippen LogP contribution in [-0.2, 0) is 12.0 Å². The smallest absolute Gasteiger partial charge is 0.254 e. The summed E-state index contributed by atoms with van der Waals surface area (Å²) in [6.07, 6.45) is 6.29. The number of furan rings is 1. The van der Waals surface area contributed by atoms with Crippen LogP contribution in [0.15, 0.2) is 83.5 Å². The summed E-state index contributed by atoms with van der Waals surface area (Å²) in [5.74, 6) is 2.72. The van der Waals surface area contributed by atoms with Gasteiger partial charge in [0.2, 0.25) is 11.7 Å². The van der Waals surface area contributed by atoms with Crippen LogP contribution in [0.25, 0.3) is 11.0 Å². The van der Waals surface area contributed by atoms with Gasteiger partial charge in [0.1, 0.15) is 11.6 Å². The Morgan fingerprint density at radius 1 is 0.961 bits per heavy atom. The molecule has 2 saturated heterocycles. The van der Waals surface area contributed by atoms with Gasteiger partial charge in [-0.2, -0.15) is 0 Å². The van der Waals surface area contributed by atoms with Gasteiger partial charge < -0.3 is 38.3 Å². The van der Waals surface area contributed by atoms with Crippen LogP contribution < -0.4 is 19.5 Å². The second-order valence-corrected chi connectivity index (χ2v) is 13.6. The molecular formula is C40H46FN5O5. The average Bonchev–Trinajstić information content (AvgIpc) is 3.82. The lowest BCUT2D eigenvalue weighted by atomic mass is 9.71. The minimum atomic E-state index is -0.311. The van der Waals surface area contributed by atoms with E-state index < -0.39 is 0 Å². The number of imidazole rings is 1. The van der Waals surface area contributed by atoms with E-state index in [2.05, 4.69) is 20.9 Å². The fourth-order valence-electron chi connectivity index (χ4n) is 7.84. The molecule has 51 heavy (non-hydrogen) atoms. The quantitative estimate of drug-likeness (QED) is 0.150. The minimum Gasteiger partial charge on any atom is -0.493 e. The summed E-state index contributed by atoms with van der Waals surface area (Å²) in [5, 5.41) is 3.75. The largest absolute Gasteiger partial charge is 0.493 e.